The van der Waals surface area contributed by atoms with E-state index in [1.807, 2.05) is 0 Å². The summed E-state index contributed by atoms with van der Waals surface area (Å²) in [6, 6.07) is 6.78. The summed E-state index contributed by atoms with van der Waals surface area (Å²) in [7, 11) is 4.16. The van der Waals surface area contributed by atoms with Gasteiger partial charge in [-0.1, -0.05) is 6.07 Å². The molecule has 2 rings (SSSR count). The number of nitrogens with one attached hydrogen (secondary N) is 1. The minimum atomic E-state index is 0.369. The summed E-state index contributed by atoms with van der Waals surface area (Å²) >= 11 is 5.41. The minimum absolute atomic E-state index is 0.369. The summed E-state index contributed by atoms with van der Waals surface area (Å²) in [5.74, 6) is 0. The van der Waals surface area contributed by atoms with Crippen LogP contribution >= 0.6 is 12.2 Å². The van der Waals surface area contributed by atoms with Crippen molar-refractivity contribution in [3.05, 3.63) is 28.5 Å². The van der Waals surface area contributed by atoms with E-state index in [0.717, 1.165) is 16.8 Å². The van der Waals surface area contributed by atoms with E-state index < -0.39 is 0 Å². The average Bonchev–Trinajstić information content (AvgIpc) is 2.51. The van der Waals surface area contributed by atoms with E-state index in [0.29, 0.717) is 6.04 Å². The molecule has 92 valence electrons. The standard InChI is InChI=1S/C13H19N3S/c1-9-5-6-12-11(7-9)14-13(17)16(12)10(2)8-15(3)4/h5-7,10H,8H2,1-4H3,(H,14,17). The van der Waals surface area contributed by atoms with E-state index in [2.05, 4.69) is 60.6 Å². The van der Waals surface area contributed by atoms with Crippen LogP contribution < -0.4 is 0 Å². The van der Waals surface area contributed by atoms with Gasteiger partial charge in [0.15, 0.2) is 4.77 Å². The third-order valence-electron chi connectivity index (χ3n) is 2.94. The molecule has 0 saturated heterocycles. The van der Waals surface area contributed by atoms with Crippen LogP contribution in [0.1, 0.15) is 18.5 Å². The van der Waals surface area contributed by atoms with Crippen LogP contribution in [-0.4, -0.2) is 35.1 Å². The van der Waals surface area contributed by atoms with Crippen molar-refractivity contribution in [2.24, 2.45) is 0 Å². The Bertz CT molecular complexity index is 580. The van der Waals surface area contributed by atoms with Gasteiger partial charge in [0, 0.05) is 12.6 Å². The van der Waals surface area contributed by atoms with Gasteiger partial charge in [0.25, 0.3) is 0 Å². The summed E-state index contributed by atoms with van der Waals surface area (Å²) in [6.07, 6.45) is 0. The maximum atomic E-state index is 5.41. The number of H-pyrrole nitrogens is 1. The molecule has 4 heteroatoms. The first kappa shape index (κ1) is 12.3. The van der Waals surface area contributed by atoms with Gasteiger partial charge in [-0.3, -0.25) is 0 Å². The summed E-state index contributed by atoms with van der Waals surface area (Å²) in [5.41, 5.74) is 3.57. The highest BCUT2D eigenvalue weighted by Gasteiger charge is 2.11. The molecule has 1 atom stereocenters. The smallest absolute Gasteiger partial charge is 0.178 e. The van der Waals surface area contributed by atoms with Gasteiger partial charge in [-0.15, -0.1) is 0 Å². The SMILES string of the molecule is Cc1ccc2c(c1)[nH]c(=S)n2C(C)CN(C)C. The number of rotatable bonds is 3. The zero-order chi connectivity index (χ0) is 12.6. The number of nitrogens with zero attached hydrogens (tertiary/aromatic N) is 2. The van der Waals surface area contributed by atoms with Crippen LogP contribution in [-0.2, 0) is 0 Å². The zero-order valence-electron chi connectivity index (χ0n) is 10.8. The third kappa shape index (κ3) is 2.42. The van der Waals surface area contributed by atoms with Gasteiger partial charge in [0.2, 0.25) is 0 Å². The van der Waals surface area contributed by atoms with Crippen molar-refractivity contribution in [3.8, 4) is 0 Å². The maximum absolute atomic E-state index is 5.41. The number of aromatic amines is 1. The van der Waals surface area contributed by atoms with Crippen molar-refractivity contribution in [2.45, 2.75) is 19.9 Å². The van der Waals surface area contributed by atoms with Crippen molar-refractivity contribution in [1.29, 1.82) is 0 Å². The van der Waals surface area contributed by atoms with Crippen molar-refractivity contribution in [1.82, 2.24) is 14.5 Å². The molecule has 0 aliphatic heterocycles. The Hall–Kier alpha value is -1.13. The van der Waals surface area contributed by atoms with Crippen LogP contribution in [0.3, 0.4) is 0 Å². The fourth-order valence-corrected chi connectivity index (χ4v) is 2.68. The number of aryl methyl sites for hydroxylation is 1. The number of imidazole rings is 1. The van der Waals surface area contributed by atoms with E-state index in [1.54, 1.807) is 0 Å². The molecule has 0 saturated carbocycles. The van der Waals surface area contributed by atoms with Crippen LogP contribution in [0.5, 0.6) is 0 Å². The normalized spacial score (nSPS) is 13.5. The molecule has 1 aromatic heterocycles. The number of likely N-dealkylation sites (N-methyl/N-ethyl adjacent to an activating group) is 1. The minimum Gasteiger partial charge on any atom is -0.331 e. The molecule has 0 amide bonds. The molecule has 1 aromatic carbocycles. The van der Waals surface area contributed by atoms with Crippen LogP contribution in [0.25, 0.3) is 11.0 Å². The first-order valence-corrected chi connectivity index (χ1v) is 6.25. The van der Waals surface area contributed by atoms with Crippen molar-refractivity contribution in [2.75, 3.05) is 20.6 Å². The largest absolute Gasteiger partial charge is 0.331 e. The molecule has 3 nitrogen and oxygen atoms in total. The maximum Gasteiger partial charge on any atom is 0.178 e. The molecule has 1 unspecified atom stereocenters. The molecule has 17 heavy (non-hydrogen) atoms. The van der Waals surface area contributed by atoms with Crippen molar-refractivity contribution >= 4 is 23.3 Å². The predicted molar refractivity (Wildman–Crippen MR) is 75.1 cm³/mol. The lowest BCUT2D eigenvalue weighted by Crippen LogP contribution is -2.22. The van der Waals surface area contributed by atoms with E-state index in [4.69, 9.17) is 12.2 Å². The molecule has 0 bridgehead atoms. The van der Waals surface area contributed by atoms with Crippen LogP contribution in [0.2, 0.25) is 0 Å². The van der Waals surface area contributed by atoms with Gasteiger partial charge in [0.05, 0.1) is 11.0 Å². The highest BCUT2D eigenvalue weighted by Crippen LogP contribution is 2.20. The van der Waals surface area contributed by atoms with E-state index in [1.165, 1.54) is 11.1 Å². The first-order valence-electron chi connectivity index (χ1n) is 5.84. The summed E-state index contributed by atoms with van der Waals surface area (Å²) in [4.78, 5) is 5.46. The Balaban J connectivity index is 2.53. The van der Waals surface area contributed by atoms with Gasteiger partial charge in [-0.05, 0) is 57.9 Å². The quantitative estimate of drug-likeness (QED) is 0.845. The first-order chi connectivity index (χ1) is 7.99. The van der Waals surface area contributed by atoms with Gasteiger partial charge >= 0.3 is 0 Å². The number of fused-ring (bicyclic) bond motifs is 1. The Morgan fingerprint density at radius 3 is 2.76 bits per heavy atom. The Kier molecular flexibility index (Phi) is 3.35. The molecule has 0 aliphatic carbocycles. The molecule has 0 radical (unpaired) electrons. The Morgan fingerprint density at radius 2 is 2.12 bits per heavy atom. The highest BCUT2D eigenvalue weighted by atomic mass is 32.1. The number of aromatic nitrogens is 2. The van der Waals surface area contributed by atoms with Gasteiger partial charge in [-0.2, -0.15) is 0 Å². The number of hydrogen-bond donors (Lipinski definition) is 1. The van der Waals surface area contributed by atoms with Crippen LogP contribution in [0.4, 0.5) is 0 Å². The molecule has 0 aliphatic rings. The second-order valence-electron chi connectivity index (χ2n) is 4.93. The summed E-state index contributed by atoms with van der Waals surface area (Å²) in [5, 5.41) is 0. The lowest BCUT2D eigenvalue weighted by Gasteiger charge is -2.19. The van der Waals surface area contributed by atoms with Crippen molar-refractivity contribution < 1.29 is 0 Å². The third-order valence-corrected chi connectivity index (χ3v) is 3.24. The molecule has 0 spiro atoms. The molecular formula is C13H19N3S. The topological polar surface area (TPSA) is 24.0 Å². The molecule has 0 fully saturated rings. The molecule has 1 heterocycles. The second-order valence-corrected chi connectivity index (χ2v) is 5.32. The number of benzene rings is 1. The van der Waals surface area contributed by atoms with Gasteiger partial charge in [-0.25, -0.2) is 0 Å². The fourth-order valence-electron chi connectivity index (χ4n) is 2.29. The van der Waals surface area contributed by atoms with E-state index in [9.17, 15) is 0 Å². The molecule has 1 N–H and O–H groups in total. The van der Waals surface area contributed by atoms with E-state index >= 15 is 0 Å². The lowest BCUT2D eigenvalue weighted by molar-refractivity contribution is 0.339. The van der Waals surface area contributed by atoms with Gasteiger partial charge < -0.3 is 14.5 Å². The monoisotopic (exact) mass is 249 g/mol. The van der Waals surface area contributed by atoms with Crippen LogP contribution in [0, 0.1) is 11.7 Å². The summed E-state index contributed by atoms with van der Waals surface area (Å²) < 4.78 is 3.00. The fraction of sp³-hybridized carbons (Fsp3) is 0.462. The Morgan fingerprint density at radius 1 is 1.41 bits per heavy atom. The van der Waals surface area contributed by atoms with E-state index in [-0.39, 0.29) is 0 Å². The molecule has 2 aromatic rings. The second kappa shape index (κ2) is 4.63. The van der Waals surface area contributed by atoms with Gasteiger partial charge in [0.1, 0.15) is 0 Å². The average molecular weight is 249 g/mol. The highest BCUT2D eigenvalue weighted by molar-refractivity contribution is 7.71. The van der Waals surface area contributed by atoms with Crippen LogP contribution in [0.15, 0.2) is 18.2 Å². The Labute approximate surface area is 107 Å². The predicted octanol–water partition coefficient (Wildman–Crippen LogP) is 3.13. The summed E-state index contributed by atoms with van der Waals surface area (Å²) in [6.45, 7) is 5.27. The molecular weight excluding hydrogens is 230 g/mol. The zero-order valence-corrected chi connectivity index (χ0v) is 11.6. The number of hydrogen-bond acceptors (Lipinski definition) is 2. The lowest BCUT2D eigenvalue weighted by atomic mass is 10.2. The van der Waals surface area contributed by atoms with Crippen molar-refractivity contribution in [3.63, 3.8) is 0 Å².